The Labute approximate surface area is 145 Å². The first-order valence-corrected chi connectivity index (χ1v) is 7.76. The molecule has 0 radical (unpaired) electrons. The highest BCUT2D eigenvalue weighted by Gasteiger charge is 2.21. The van der Waals surface area contributed by atoms with Crippen LogP contribution >= 0.6 is 0 Å². The quantitative estimate of drug-likeness (QED) is 0.639. The highest BCUT2D eigenvalue weighted by atomic mass is 16.2. The van der Waals surface area contributed by atoms with Crippen LogP contribution in [0.15, 0.2) is 60.7 Å². The molecule has 25 heavy (non-hydrogen) atoms. The number of imide groups is 1. The Morgan fingerprint density at radius 1 is 0.920 bits per heavy atom. The van der Waals surface area contributed by atoms with Crippen molar-refractivity contribution in [2.24, 2.45) is 0 Å². The lowest BCUT2D eigenvalue weighted by atomic mass is 10.1. The Morgan fingerprint density at radius 2 is 1.52 bits per heavy atom. The van der Waals surface area contributed by atoms with Crippen molar-refractivity contribution in [3.05, 3.63) is 66.2 Å². The molecule has 7 nitrogen and oxygen atoms in total. The largest absolute Gasteiger partial charge is 0.341 e. The van der Waals surface area contributed by atoms with Gasteiger partial charge in [0.15, 0.2) is 0 Å². The van der Waals surface area contributed by atoms with Crippen molar-refractivity contribution in [3.8, 4) is 0 Å². The molecule has 0 fully saturated rings. The average Bonchev–Trinajstić information content (AvgIpc) is 2.63. The van der Waals surface area contributed by atoms with Crippen LogP contribution in [0, 0.1) is 0 Å². The molecule has 0 saturated carbocycles. The number of urea groups is 1. The zero-order valence-electron chi connectivity index (χ0n) is 13.8. The second kappa shape index (κ2) is 9.19. The van der Waals surface area contributed by atoms with Crippen LogP contribution in [0.5, 0.6) is 0 Å². The van der Waals surface area contributed by atoms with Crippen molar-refractivity contribution in [2.45, 2.75) is 6.04 Å². The fraction of sp³-hybridized carbons (Fsp3) is 0.167. The van der Waals surface area contributed by atoms with Gasteiger partial charge in [-0.05, 0) is 17.7 Å². The summed E-state index contributed by atoms with van der Waals surface area (Å²) in [6.07, 6.45) is 0. The van der Waals surface area contributed by atoms with Crippen LogP contribution in [0.4, 0.5) is 10.5 Å². The lowest BCUT2D eigenvalue weighted by molar-refractivity contribution is -0.120. The molecular formula is C18H20N4O3. The minimum atomic E-state index is -0.739. The molecule has 0 aliphatic carbocycles. The van der Waals surface area contributed by atoms with Crippen molar-refractivity contribution >= 4 is 23.5 Å². The number of carbonyl (C=O) groups excluding carboxylic acids is 3. The molecule has 0 aromatic heterocycles. The van der Waals surface area contributed by atoms with Gasteiger partial charge in [0.1, 0.15) is 6.04 Å². The molecule has 2 rings (SSSR count). The van der Waals surface area contributed by atoms with Gasteiger partial charge < -0.3 is 10.6 Å². The van der Waals surface area contributed by atoms with E-state index in [-0.39, 0.29) is 12.5 Å². The van der Waals surface area contributed by atoms with E-state index in [4.69, 9.17) is 0 Å². The molecule has 2 aromatic rings. The Morgan fingerprint density at radius 3 is 2.12 bits per heavy atom. The Balaban J connectivity index is 2.07. The van der Waals surface area contributed by atoms with Crippen molar-refractivity contribution in [1.82, 2.24) is 16.0 Å². The molecule has 4 amide bonds. The van der Waals surface area contributed by atoms with E-state index in [1.54, 1.807) is 24.3 Å². The van der Waals surface area contributed by atoms with Gasteiger partial charge in [-0.2, -0.15) is 0 Å². The number of nitrogens with one attached hydrogen (secondary N) is 4. The van der Waals surface area contributed by atoms with E-state index < -0.39 is 18.0 Å². The molecule has 0 aliphatic rings. The van der Waals surface area contributed by atoms with Crippen LogP contribution in [0.2, 0.25) is 0 Å². The van der Waals surface area contributed by atoms with Crippen LogP contribution in [0.3, 0.4) is 0 Å². The first-order valence-electron chi connectivity index (χ1n) is 7.76. The number of hydrogen-bond acceptors (Lipinski definition) is 4. The molecule has 2 aromatic carbocycles. The number of anilines is 1. The second-order valence-corrected chi connectivity index (χ2v) is 5.21. The fourth-order valence-electron chi connectivity index (χ4n) is 2.17. The van der Waals surface area contributed by atoms with E-state index in [2.05, 4.69) is 21.3 Å². The number of amides is 4. The maximum absolute atomic E-state index is 12.6. The molecule has 0 heterocycles. The summed E-state index contributed by atoms with van der Waals surface area (Å²) >= 11 is 0. The Bertz CT molecular complexity index is 720. The minimum Gasteiger partial charge on any atom is -0.341 e. The lowest BCUT2D eigenvalue weighted by Crippen LogP contribution is -2.44. The van der Waals surface area contributed by atoms with Gasteiger partial charge in [-0.3, -0.25) is 20.2 Å². The Kier molecular flexibility index (Phi) is 6.67. The highest BCUT2D eigenvalue weighted by Crippen LogP contribution is 2.15. The highest BCUT2D eigenvalue weighted by molar-refractivity contribution is 5.97. The zero-order chi connectivity index (χ0) is 18.1. The van der Waals surface area contributed by atoms with Crippen LogP contribution in [-0.4, -0.2) is 31.4 Å². The number of rotatable bonds is 6. The summed E-state index contributed by atoms with van der Waals surface area (Å²) in [5, 5.41) is 10.1. The first-order chi connectivity index (χ1) is 12.1. The third kappa shape index (κ3) is 5.74. The summed E-state index contributed by atoms with van der Waals surface area (Å²) in [5.41, 5.74) is 1.37. The molecule has 7 heteroatoms. The summed E-state index contributed by atoms with van der Waals surface area (Å²) in [5.74, 6) is -0.835. The van der Waals surface area contributed by atoms with Crippen LogP contribution in [0.1, 0.15) is 11.6 Å². The smallest absolute Gasteiger partial charge is 0.321 e. The second-order valence-electron chi connectivity index (χ2n) is 5.21. The average molecular weight is 340 g/mol. The molecule has 130 valence electrons. The molecule has 0 bridgehead atoms. The van der Waals surface area contributed by atoms with E-state index in [1.807, 2.05) is 36.4 Å². The zero-order valence-corrected chi connectivity index (χ0v) is 13.8. The van der Waals surface area contributed by atoms with Crippen LogP contribution in [-0.2, 0) is 9.59 Å². The van der Waals surface area contributed by atoms with E-state index in [1.165, 1.54) is 7.05 Å². The van der Waals surface area contributed by atoms with Crippen LogP contribution in [0.25, 0.3) is 0 Å². The van der Waals surface area contributed by atoms with Gasteiger partial charge in [-0.25, -0.2) is 4.79 Å². The normalized spacial score (nSPS) is 11.2. The van der Waals surface area contributed by atoms with E-state index in [9.17, 15) is 14.4 Å². The number of benzene rings is 2. The molecule has 0 unspecified atom stereocenters. The molecular weight excluding hydrogens is 320 g/mol. The SMILES string of the molecule is CNC(=O)NC(=O)CN[C@@H](C(=O)Nc1ccccc1)c1ccccc1. The third-order valence-corrected chi connectivity index (χ3v) is 3.38. The van der Waals surface area contributed by atoms with Gasteiger partial charge in [0, 0.05) is 12.7 Å². The molecule has 4 N–H and O–H groups in total. The summed E-state index contributed by atoms with van der Waals surface area (Å²) in [7, 11) is 1.41. The van der Waals surface area contributed by atoms with Crippen molar-refractivity contribution in [1.29, 1.82) is 0 Å². The summed E-state index contributed by atoms with van der Waals surface area (Å²) in [4.78, 5) is 35.5. The number of para-hydroxylation sites is 1. The molecule has 0 spiro atoms. The maximum Gasteiger partial charge on any atom is 0.321 e. The molecule has 1 atom stereocenters. The monoisotopic (exact) mass is 340 g/mol. The predicted octanol–water partition coefficient (Wildman–Crippen LogP) is 1.41. The van der Waals surface area contributed by atoms with Gasteiger partial charge in [0.25, 0.3) is 0 Å². The number of hydrogen-bond donors (Lipinski definition) is 4. The standard InChI is InChI=1S/C18H20N4O3/c1-19-18(25)22-15(23)12-20-16(13-8-4-2-5-9-13)17(24)21-14-10-6-3-7-11-14/h2-11,16,20H,12H2,1H3,(H,21,24)(H2,19,22,23,25)/t16-/m1/s1. The molecule has 0 aliphatic heterocycles. The molecule has 0 saturated heterocycles. The van der Waals surface area contributed by atoms with Crippen molar-refractivity contribution < 1.29 is 14.4 Å². The fourth-order valence-corrected chi connectivity index (χ4v) is 2.17. The van der Waals surface area contributed by atoms with Crippen molar-refractivity contribution in [3.63, 3.8) is 0 Å². The summed E-state index contributed by atoms with van der Waals surface area (Å²) in [6.45, 7) is -0.185. The first kappa shape index (κ1) is 18.2. The maximum atomic E-state index is 12.6. The van der Waals surface area contributed by atoms with Gasteiger partial charge in [-0.1, -0.05) is 48.5 Å². The predicted molar refractivity (Wildman–Crippen MR) is 94.9 cm³/mol. The minimum absolute atomic E-state index is 0.185. The van der Waals surface area contributed by atoms with Gasteiger partial charge in [0.05, 0.1) is 6.54 Å². The summed E-state index contributed by atoms with van der Waals surface area (Å²) < 4.78 is 0. The van der Waals surface area contributed by atoms with E-state index >= 15 is 0 Å². The Hall–Kier alpha value is -3.19. The van der Waals surface area contributed by atoms with Gasteiger partial charge in [-0.15, -0.1) is 0 Å². The van der Waals surface area contributed by atoms with Gasteiger partial charge in [0.2, 0.25) is 11.8 Å². The van der Waals surface area contributed by atoms with E-state index in [0.29, 0.717) is 11.3 Å². The van der Waals surface area contributed by atoms with Crippen LogP contribution < -0.4 is 21.3 Å². The third-order valence-electron chi connectivity index (χ3n) is 3.38. The lowest BCUT2D eigenvalue weighted by Gasteiger charge is -2.18. The summed E-state index contributed by atoms with van der Waals surface area (Å²) in [6, 6.07) is 16.7. The van der Waals surface area contributed by atoms with Gasteiger partial charge >= 0.3 is 6.03 Å². The van der Waals surface area contributed by atoms with Crippen molar-refractivity contribution in [2.75, 3.05) is 18.9 Å². The topological polar surface area (TPSA) is 99.3 Å². The number of carbonyl (C=O) groups is 3. The van der Waals surface area contributed by atoms with E-state index in [0.717, 1.165) is 0 Å².